The van der Waals surface area contributed by atoms with Gasteiger partial charge in [-0.05, 0) is 68.7 Å². The molecule has 0 unspecified atom stereocenters. The molecule has 3 fully saturated rings. The third kappa shape index (κ3) is 4.19. The molecule has 2 amide bonds. The lowest BCUT2D eigenvalue weighted by Gasteiger charge is -2.25. The van der Waals surface area contributed by atoms with Crippen molar-refractivity contribution in [2.45, 2.75) is 63.7 Å². The zero-order valence-electron chi connectivity index (χ0n) is 17.0. The summed E-state index contributed by atoms with van der Waals surface area (Å²) < 4.78 is 43.9. The Morgan fingerprint density at radius 3 is 2.70 bits per heavy atom. The predicted octanol–water partition coefficient (Wildman–Crippen LogP) is 4.15. The van der Waals surface area contributed by atoms with Crippen LogP contribution >= 0.6 is 0 Å². The number of nitrogens with zero attached hydrogens (tertiary/aromatic N) is 1. The van der Waals surface area contributed by atoms with Gasteiger partial charge in [-0.1, -0.05) is 0 Å². The highest BCUT2D eigenvalue weighted by Crippen LogP contribution is 2.43. The minimum atomic E-state index is -4.41. The first-order valence-corrected chi connectivity index (χ1v) is 10.6. The molecule has 5 nitrogen and oxygen atoms in total. The summed E-state index contributed by atoms with van der Waals surface area (Å²) in [5, 5.41) is 2.79. The first kappa shape index (κ1) is 21.2. The van der Waals surface area contributed by atoms with E-state index in [0.29, 0.717) is 30.0 Å². The summed E-state index contributed by atoms with van der Waals surface area (Å²) in [4.78, 5) is 27.6. The Morgan fingerprint density at radius 1 is 1.23 bits per heavy atom. The van der Waals surface area contributed by atoms with Gasteiger partial charge in [-0.2, -0.15) is 13.2 Å². The molecule has 3 aliphatic rings. The molecule has 0 aliphatic carbocycles. The second kappa shape index (κ2) is 8.21. The molecule has 0 saturated carbocycles. The summed E-state index contributed by atoms with van der Waals surface area (Å²) in [6.45, 7) is 3.03. The second-order valence-corrected chi connectivity index (χ2v) is 8.73. The van der Waals surface area contributed by atoms with Crippen LogP contribution in [0.5, 0.6) is 0 Å². The van der Waals surface area contributed by atoms with Crippen LogP contribution in [-0.2, 0) is 20.5 Å². The second-order valence-electron chi connectivity index (χ2n) is 8.73. The normalized spacial score (nSPS) is 28.2. The smallest absolute Gasteiger partial charge is 0.381 e. The summed E-state index contributed by atoms with van der Waals surface area (Å²) in [5.74, 6) is 0.0163. The van der Waals surface area contributed by atoms with Crippen LogP contribution in [0.3, 0.4) is 0 Å². The van der Waals surface area contributed by atoms with Gasteiger partial charge in [0, 0.05) is 37.4 Å². The third-order valence-corrected chi connectivity index (χ3v) is 6.76. The van der Waals surface area contributed by atoms with Crippen LogP contribution in [0.4, 0.5) is 18.9 Å². The van der Waals surface area contributed by atoms with Crippen molar-refractivity contribution in [1.82, 2.24) is 4.90 Å². The number of rotatable bonds is 5. The van der Waals surface area contributed by atoms with Crippen molar-refractivity contribution in [3.8, 4) is 0 Å². The lowest BCUT2D eigenvalue weighted by atomic mass is 9.88. The molecule has 1 aromatic rings. The van der Waals surface area contributed by atoms with E-state index >= 15 is 0 Å². The van der Waals surface area contributed by atoms with Crippen molar-refractivity contribution in [1.29, 1.82) is 0 Å². The Hall–Kier alpha value is -2.09. The molecule has 4 rings (SSSR count). The molecule has 3 heterocycles. The number of alkyl halides is 3. The molecule has 3 aliphatic heterocycles. The minimum absolute atomic E-state index is 0.0896. The van der Waals surface area contributed by atoms with E-state index < -0.39 is 11.7 Å². The molecule has 1 aromatic carbocycles. The zero-order chi connectivity index (χ0) is 21.5. The third-order valence-electron chi connectivity index (χ3n) is 6.76. The fraction of sp³-hybridized carbons (Fsp3) is 0.636. The first-order chi connectivity index (χ1) is 14.2. The molecule has 0 aromatic heterocycles. The summed E-state index contributed by atoms with van der Waals surface area (Å²) in [5.41, 5.74) is 0.0188. The van der Waals surface area contributed by atoms with Gasteiger partial charge in [0.2, 0.25) is 11.8 Å². The molecule has 4 atom stereocenters. The van der Waals surface area contributed by atoms with E-state index in [2.05, 4.69) is 5.32 Å². The number of benzene rings is 1. The van der Waals surface area contributed by atoms with E-state index in [-0.39, 0.29) is 29.8 Å². The van der Waals surface area contributed by atoms with Gasteiger partial charge in [0.05, 0.1) is 11.5 Å². The van der Waals surface area contributed by atoms with E-state index in [1.165, 1.54) is 6.07 Å². The van der Waals surface area contributed by atoms with Crippen LogP contribution in [0.15, 0.2) is 18.2 Å². The lowest BCUT2D eigenvalue weighted by Crippen LogP contribution is -2.39. The summed E-state index contributed by atoms with van der Waals surface area (Å²) >= 11 is 0. The number of anilines is 1. The molecule has 30 heavy (non-hydrogen) atoms. The van der Waals surface area contributed by atoms with E-state index in [1.807, 2.05) is 4.90 Å². The molecule has 1 N–H and O–H groups in total. The van der Waals surface area contributed by atoms with Gasteiger partial charge in [0.25, 0.3) is 0 Å². The summed E-state index contributed by atoms with van der Waals surface area (Å²) in [6, 6.07) is 3.30. The highest BCUT2D eigenvalue weighted by Gasteiger charge is 2.50. The summed E-state index contributed by atoms with van der Waals surface area (Å²) in [6.07, 6.45) is 0.207. The van der Waals surface area contributed by atoms with Crippen molar-refractivity contribution in [2.24, 2.45) is 11.8 Å². The summed E-state index contributed by atoms with van der Waals surface area (Å²) in [7, 11) is 0. The van der Waals surface area contributed by atoms with Gasteiger partial charge in [-0.15, -0.1) is 0 Å². The van der Waals surface area contributed by atoms with E-state index in [1.54, 1.807) is 6.92 Å². The van der Waals surface area contributed by atoms with Crippen molar-refractivity contribution in [3.05, 3.63) is 29.3 Å². The molecule has 2 bridgehead atoms. The van der Waals surface area contributed by atoms with Crippen molar-refractivity contribution >= 4 is 17.5 Å². The van der Waals surface area contributed by atoms with Crippen LogP contribution in [0.1, 0.15) is 49.7 Å². The number of amides is 2. The van der Waals surface area contributed by atoms with Crippen molar-refractivity contribution in [3.63, 3.8) is 0 Å². The fourth-order valence-corrected chi connectivity index (χ4v) is 5.13. The Morgan fingerprint density at radius 2 is 2.03 bits per heavy atom. The van der Waals surface area contributed by atoms with Crippen LogP contribution in [-0.4, -0.2) is 42.0 Å². The quantitative estimate of drug-likeness (QED) is 0.773. The van der Waals surface area contributed by atoms with Gasteiger partial charge >= 0.3 is 6.18 Å². The Labute approximate surface area is 173 Å². The van der Waals surface area contributed by atoms with Crippen LogP contribution in [0.25, 0.3) is 0 Å². The standard InChI is InChI=1S/C22H27F3N2O3/c1-13-10-15(22(23,24)25)3-5-18(13)26-21(29)17-11-16-4-6-19(17)27(16)20(28)7-2-14-8-9-30-12-14/h3,5,10,14,16-17,19H,2,4,6-9,11-12H2,1H3,(H,26,29)/t14-,16-,17+,19-/m1/s1. The number of ether oxygens (including phenoxy) is 1. The first-order valence-electron chi connectivity index (χ1n) is 10.6. The molecular formula is C22H27F3N2O3. The number of halogens is 3. The topological polar surface area (TPSA) is 58.6 Å². The Bertz CT molecular complexity index is 820. The number of aryl methyl sites for hydroxylation is 1. The Kier molecular flexibility index (Phi) is 5.79. The largest absolute Gasteiger partial charge is 0.416 e. The van der Waals surface area contributed by atoms with Crippen LogP contribution in [0.2, 0.25) is 0 Å². The number of fused-ring (bicyclic) bond motifs is 2. The molecule has 164 valence electrons. The monoisotopic (exact) mass is 424 g/mol. The van der Waals surface area contributed by atoms with E-state index in [9.17, 15) is 22.8 Å². The van der Waals surface area contributed by atoms with Crippen molar-refractivity contribution < 1.29 is 27.5 Å². The van der Waals surface area contributed by atoms with E-state index in [4.69, 9.17) is 4.74 Å². The fourth-order valence-electron chi connectivity index (χ4n) is 5.13. The lowest BCUT2D eigenvalue weighted by molar-refractivity contribution is -0.137. The SMILES string of the molecule is Cc1cc(C(F)(F)F)ccc1NC(=O)[C@H]1C[C@H]2CC[C@H]1N2C(=O)CC[C@@H]1CCOC1. The van der Waals surface area contributed by atoms with Gasteiger partial charge in [-0.3, -0.25) is 9.59 Å². The molecule has 3 saturated heterocycles. The molecule has 0 spiro atoms. The maximum absolute atomic E-state index is 12.9. The minimum Gasteiger partial charge on any atom is -0.381 e. The van der Waals surface area contributed by atoms with Gasteiger partial charge in [0.1, 0.15) is 0 Å². The van der Waals surface area contributed by atoms with Gasteiger partial charge in [-0.25, -0.2) is 0 Å². The highest BCUT2D eigenvalue weighted by atomic mass is 19.4. The molecule has 8 heteroatoms. The molecule has 0 radical (unpaired) electrons. The molecular weight excluding hydrogens is 397 g/mol. The average molecular weight is 424 g/mol. The zero-order valence-corrected chi connectivity index (χ0v) is 17.0. The number of hydrogen-bond acceptors (Lipinski definition) is 3. The van der Waals surface area contributed by atoms with Crippen molar-refractivity contribution in [2.75, 3.05) is 18.5 Å². The Balaban J connectivity index is 1.38. The van der Waals surface area contributed by atoms with Crippen LogP contribution in [0, 0.1) is 18.8 Å². The van der Waals surface area contributed by atoms with Crippen LogP contribution < -0.4 is 5.32 Å². The maximum Gasteiger partial charge on any atom is 0.416 e. The highest BCUT2D eigenvalue weighted by molar-refractivity contribution is 5.95. The average Bonchev–Trinajstić information content (AvgIpc) is 3.43. The van der Waals surface area contributed by atoms with Gasteiger partial charge in [0.15, 0.2) is 0 Å². The number of hydrogen-bond donors (Lipinski definition) is 1. The number of carbonyl (C=O) groups excluding carboxylic acids is 2. The van der Waals surface area contributed by atoms with E-state index in [0.717, 1.165) is 51.0 Å². The maximum atomic E-state index is 12.9. The predicted molar refractivity (Wildman–Crippen MR) is 105 cm³/mol. The number of nitrogens with one attached hydrogen (secondary N) is 1. The number of carbonyl (C=O) groups is 2. The van der Waals surface area contributed by atoms with Gasteiger partial charge < -0.3 is 15.0 Å².